The predicted molar refractivity (Wildman–Crippen MR) is 111 cm³/mol. The Morgan fingerprint density at radius 3 is 2.57 bits per heavy atom. The fourth-order valence-corrected chi connectivity index (χ4v) is 3.46. The lowest BCUT2D eigenvalue weighted by Gasteiger charge is -2.05. The van der Waals surface area contributed by atoms with Gasteiger partial charge in [0.05, 0.1) is 17.0 Å². The van der Waals surface area contributed by atoms with E-state index in [1.807, 2.05) is 31.2 Å². The first kappa shape index (κ1) is 20.0. The van der Waals surface area contributed by atoms with E-state index >= 15 is 0 Å². The Bertz CT molecular complexity index is 972. The van der Waals surface area contributed by atoms with Gasteiger partial charge in [0.1, 0.15) is 5.01 Å². The fraction of sp³-hybridized carbons (Fsp3) is 0.200. The molecule has 0 aliphatic rings. The summed E-state index contributed by atoms with van der Waals surface area (Å²) in [5, 5.41) is 15.2. The van der Waals surface area contributed by atoms with Crippen LogP contribution in [0.3, 0.4) is 0 Å². The molecular weight excluding hydrogens is 396 g/mol. The first-order valence-corrected chi connectivity index (χ1v) is 9.91. The zero-order chi connectivity index (χ0) is 19.9. The normalized spacial score (nSPS) is 10.5. The van der Waals surface area contributed by atoms with Gasteiger partial charge in [-0.2, -0.15) is 0 Å². The Balaban J connectivity index is 1.46. The Hall–Kier alpha value is -2.77. The van der Waals surface area contributed by atoms with Crippen LogP contribution in [0.25, 0.3) is 0 Å². The van der Waals surface area contributed by atoms with Crippen LogP contribution in [0.1, 0.15) is 26.5 Å². The fourth-order valence-electron chi connectivity index (χ4n) is 2.48. The molecule has 1 aromatic heterocycles. The van der Waals surface area contributed by atoms with Gasteiger partial charge in [-0.3, -0.25) is 9.59 Å². The third-order valence-electron chi connectivity index (χ3n) is 3.94. The van der Waals surface area contributed by atoms with Crippen LogP contribution in [0, 0.1) is 6.92 Å². The number of nitrogens with one attached hydrogen (secondary N) is 2. The zero-order valence-corrected chi connectivity index (χ0v) is 16.8. The third-order valence-corrected chi connectivity index (χ3v) is 5.17. The van der Waals surface area contributed by atoms with Crippen molar-refractivity contribution in [2.45, 2.75) is 19.8 Å². The van der Waals surface area contributed by atoms with E-state index in [1.54, 1.807) is 24.3 Å². The third kappa shape index (κ3) is 5.61. The molecule has 0 atom stereocenters. The molecule has 2 amide bonds. The molecular formula is C20H19ClN4O2S. The molecule has 0 saturated heterocycles. The highest BCUT2D eigenvalue weighted by molar-refractivity contribution is 7.15. The number of rotatable bonds is 7. The van der Waals surface area contributed by atoms with Crippen LogP contribution in [0.4, 0.5) is 5.13 Å². The lowest BCUT2D eigenvalue weighted by Crippen LogP contribution is -2.25. The minimum absolute atomic E-state index is 0.140. The minimum Gasteiger partial charge on any atom is -0.352 e. The van der Waals surface area contributed by atoms with E-state index in [4.69, 9.17) is 11.6 Å². The summed E-state index contributed by atoms with van der Waals surface area (Å²) in [6, 6.07) is 14.7. The van der Waals surface area contributed by atoms with Gasteiger partial charge in [0.25, 0.3) is 5.91 Å². The van der Waals surface area contributed by atoms with Gasteiger partial charge in [-0.1, -0.05) is 64.9 Å². The molecule has 0 aliphatic heterocycles. The standard InChI is InChI=1S/C20H19ClN4O2S/c1-13-6-8-14(9-7-13)12-17(26)23-20-25-24-18(28-20)10-11-22-19(27)15-4-2-3-5-16(15)21/h2-9H,10-12H2,1H3,(H,22,27)(H,23,25,26). The second kappa shape index (κ2) is 9.43. The number of benzene rings is 2. The SMILES string of the molecule is Cc1ccc(CC(=O)Nc2nnc(CCNC(=O)c3ccccc3Cl)s2)cc1. The lowest BCUT2D eigenvalue weighted by atomic mass is 10.1. The van der Waals surface area contributed by atoms with Crippen molar-refractivity contribution in [1.82, 2.24) is 15.5 Å². The van der Waals surface area contributed by atoms with Crippen molar-refractivity contribution in [3.8, 4) is 0 Å². The highest BCUT2D eigenvalue weighted by atomic mass is 35.5. The van der Waals surface area contributed by atoms with E-state index in [-0.39, 0.29) is 18.2 Å². The molecule has 28 heavy (non-hydrogen) atoms. The number of carbonyl (C=O) groups is 2. The average Bonchev–Trinajstić information content (AvgIpc) is 3.11. The first-order chi connectivity index (χ1) is 13.5. The monoisotopic (exact) mass is 414 g/mol. The van der Waals surface area contributed by atoms with Crippen molar-refractivity contribution in [2.24, 2.45) is 0 Å². The van der Waals surface area contributed by atoms with Crippen molar-refractivity contribution in [2.75, 3.05) is 11.9 Å². The highest BCUT2D eigenvalue weighted by Crippen LogP contribution is 2.17. The average molecular weight is 415 g/mol. The molecule has 0 bridgehead atoms. The molecule has 0 saturated carbocycles. The number of anilines is 1. The van der Waals surface area contributed by atoms with Crippen molar-refractivity contribution < 1.29 is 9.59 Å². The number of aromatic nitrogens is 2. The maximum Gasteiger partial charge on any atom is 0.252 e. The van der Waals surface area contributed by atoms with E-state index < -0.39 is 0 Å². The summed E-state index contributed by atoms with van der Waals surface area (Å²) in [4.78, 5) is 24.2. The van der Waals surface area contributed by atoms with Gasteiger partial charge in [-0.15, -0.1) is 10.2 Å². The van der Waals surface area contributed by atoms with E-state index in [9.17, 15) is 9.59 Å². The minimum atomic E-state index is -0.235. The summed E-state index contributed by atoms with van der Waals surface area (Å²) < 4.78 is 0. The van der Waals surface area contributed by atoms with Gasteiger partial charge in [0.15, 0.2) is 0 Å². The maximum absolute atomic E-state index is 12.1. The topological polar surface area (TPSA) is 84.0 Å². The predicted octanol–water partition coefficient (Wildman–Crippen LogP) is 3.65. The highest BCUT2D eigenvalue weighted by Gasteiger charge is 2.11. The van der Waals surface area contributed by atoms with E-state index in [0.717, 1.165) is 16.1 Å². The van der Waals surface area contributed by atoms with Crippen molar-refractivity contribution in [3.63, 3.8) is 0 Å². The van der Waals surface area contributed by atoms with Crippen molar-refractivity contribution in [3.05, 3.63) is 75.3 Å². The van der Waals surface area contributed by atoms with Gasteiger partial charge in [-0.25, -0.2) is 0 Å². The number of halogens is 1. The summed E-state index contributed by atoms with van der Waals surface area (Å²) in [6.45, 7) is 2.40. The first-order valence-electron chi connectivity index (χ1n) is 8.72. The molecule has 3 rings (SSSR count). The summed E-state index contributed by atoms with van der Waals surface area (Å²) in [6.07, 6.45) is 0.796. The molecule has 0 unspecified atom stereocenters. The number of hydrogen-bond acceptors (Lipinski definition) is 5. The summed E-state index contributed by atoms with van der Waals surface area (Å²) in [7, 11) is 0. The number of hydrogen-bond donors (Lipinski definition) is 2. The number of carbonyl (C=O) groups excluding carboxylic acids is 2. The van der Waals surface area contributed by atoms with E-state index in [2.05, 4.69) is 20.8 Å². The number of aryl methyl sites for hydroxylation is 1. The largest absolute Gasteiger partial charge is 0.352 e. The van der Waals surface area contributed by atoms with Crippen LogP contribution in [-0.4, -0.2) is 28.6 Å². The van der Waals surface area contributed by atoms with Gasteiger partial charge in [0.2, 0.25) is 11.0 Å². The Kier molecular flexibility index (Phi) is 6.73. The Morgan fingerprint density at radius 1 is 1.07 bits per heavy atom. The number of nitrogens with zero attached hydrogens (tertiary/aromatic N) is 2. The van der Waals surface area contributed by atoms with Gasteiger partial charge in [0, 0.05) is 13.0 Å². The molecule has 6 nitrogen and oxygen atoms in total. The smallest absolute Gasteiger partial charge is 0.252 e. The Morgan fingerprint density at radius 2 is 1.82 bits per heavy atom. The van der Waals surface area contributed by atoms with Crippen molar-refractivity contribution >= 4 is 39.9 Å². The molecule has 8 heteroatoms. The maximum atomic E-state index is 12.1. The van der Waals surface area contributed by atoms with Gasteiger partial charge in [-0.05, 0) is 24.6 Å². The van der Waals surface area contributed by atoms with E-state index in [0.29, 0.717) is 28.7 Å². The van der Waals surface area contributed by atoms with Crippen molar-refractivity contribution in [1.29, 1.82) is 0 Å². The van der Waals surface area contributed by atoms with E-state index in [1.165, 1.54) is 11.3 Å². The molecule has 0 spiro atoms. The molecule has 144 valence electrons. The van der Waals surface area contributed by atoms with Gasteiger partial charge >= 0.3 is 0 Å². The summed E-state index contributed by atoms with van der Waals surface area (Å²) in [5.74, 6) is -0.375. The van der Waals surface area contributed by atoms with Gasteiger partial charge < -0.3 is 10.6 Å². The number of amides is 2. The second-order valence-corrected chi connectivity index (χ2v) is 7.67. The quantitative estimate of drug-likeness (QED) is 0.618. The lowest BCUT2D eigenvalue weighted by molar-refractivity contribution is -0.115. The Labute approximate surface area is 172 Å². The molecule has 0 radical (unpaired) electrons. The van der Waals surface area contributed by atoms with Crippen LogP contribution in [0.2, 0.25) is 5.02 Å². The summed E-state index contributed by atoms with van der Waals surface area (Å²) in [5.41, 5.74) is 2.53. The molecule has 2 aromatic carbocycles. The zero-order valence-electron chi connectivity index (χ0n) is 15.2. The molecule has 3 aromatic rings. The van der Waals surface area contributed by atoms with Crippen LogP contribution in [0.5, 0.6) is 0 Å². The van der Waals surface area contributed by atoms with Crippen LogP contribution >= 0.6 is 22.9 Å². The molecule has 0 fully saturated rings. The molecule has 1 heterocycles. The van der Waals surface area contributed by atoms with Crippen LogP contribution in [-0.2, 0) is 17.6 Å². The molecule has 0 aliphatic carbocycles. The van der Waals surface area contributed by atoms with Crippen LogP contribution in [0.15, 0.2) is 48.5 Å². The molecule has 2 N–H and O–H groups in total. The second-order valence-electron chi connectivity index (χ2n) is 6.20. The summed E-state index contributed by atoms with van der Waals surface area (Å²) >= 11 is 7.30. The van der Waals surface area contributed by atoms with Crippen LogP contribution < -0.4 is 10.6 Å².